The Kier molecular flexibility index (Phi) is 9.85. The number of hydrogen-bond donors (Lipinski definition) is 1. The van der Waals surface area contributed by atoms with Crippen LogP contribution >= 0.6 is 0 Å². The van der Waals surface area contributed by atoms with E-state index < -0.39 is 29.1 Å². The molecular formula is C30H49N3O5. The summed E-state index contributed by atoms with van der Waals surface area (Å²) in [6.07, 6.45) is 7.67. The van der Waals surface area contributed by atoms with Crippen molar-refractivity contribution in [3.05, 3.63) is 25.3 Å². The van der Waals surface area contributed by atoms with Crippen LogP contribution in [0, 0.1) is 17.8 Å². The van der Waals surface area contributed by atoms with Crippen molar-refractivity contribution in [1.82, 2.24) is 14.7 Å². The number of fused-ring (bicyclic) bond motifs is 1. The Labute approximate surface area is 229 Å². The van der Waals surface area contributed by atoms with Crippen molar-refractivity contribution in [2.45, 2.75) is 96.4 Å². The number of nitrogens with zero attached hydrogens (tertiary/aromatic N) is 3. The van der Waals surface area contributed by atoms with Gasteiger partial charge in [0.25, 0.3) is 0 Å². The maximum absolute atomic E-state index is 14.4. The molecule has 0 aromatic rings. The molecule has 3 rings (SSSR count). The number of ether oxygens (including phenoxy) is 1. The van der Waals surface area contributed by atoms with Crippen molar-refractivity contribution >= 4 is 17.7 Å². The molecule has 0 aliphatic carbocycles. The predicted molar refractivity (Wildman–Crippen MR) is 148 cm³/mol. The number of unbranched alkanes of at least 4 members (excludes halogenated alkanes) is 1. The molecule has 3 fully saturated rings. The van der Waals surface area contributed by atoms with Crippen molar-refractivity contribution < 1.29 is 24.2 Å². The van der Waals surface area contributed by atoms with Gasteiger partial charge >= 0.3 is 0 Å². The molecular weight excluding hydrogens is 482 g/mol. The number of carbonyl (C=O) groups is 3. The Morgan fingerprint density at radius 2 is 1.87 bits per heavy atom. The summed E-state index contributed by atoms with van der Waals surface area (Å²) in [4.78, 5) is 48.1. The quantitative estimate of drug-likeness (QED) is 0.258. The van der Waals surface area contributed by atoms with Crippen LogP contribution in [0.2, 0.25) is 0 Å². The molecule has 3 aliphatic heterocycles. The van der Waals surface area contributed by atoms with Gasteiger partial charge in [0.05, 0.1) is 17.4 Å². The van der Waals surface area contributed by atoms with Gasteiger partial charge in [-0.15, -0.1) is 13.2 Å². The maximum Gasteiger partial charge on any atom is 0.248 e. The largest absolute Gasteiger partial charge is 0.396 e. The summed E-state index contributed by atoms with van der Waals surface area (Å²) in [6, 6.07) is -0.828. The number of hydrogen-bond acceptors (Lipinski definition) is 5. The minimum Gasteiger partial charge on any atom is -0.396 e. The fraction of sp³-hybridized carbons (Fsp3) is 0.767. The van der Waals surface area contributed by atoms with Gasteiger partial charge in [0.2, 0.25) is 17.7 Å². The highest BCUT2D eigenvalue weighted by Crippen LogP contribution is 2.65. The molecule has 3 aliphatic rings. The highest BCUT2D eigenvalue weighted by atomic mass is 16.5. The van der Waals surface area contributed by atoms with Gasteiger partial charge in [-0.1, -0.05) is 39.3 Å². The lowest BCUT2D eigenvalue weighted by molar-refractivity contribution is -0.155. The van der Waals surface area contributed by atoms with Crippen molar-refractivity contribution in [1.29, 1.82) is 0 Å². The first-order valence-corrected chi connectivity index (χ1v) is 14.5. The monoisotopic (exact) mass is 531 g/mol. The zero-order valence-corrected chi connectivity index (χ0v) is 24.2. The first-order chi connectivity index (χ1) is 18.1. The van der Waals surface area contributed by atoms with Gasteiger partial charge in [0.1, 0.15) is 11.6 Å². The third kappa shape index (κ3) is 4.94. The van der Waals surface area contributed by atoms with E-state index in [-0.39, 0.29) is 36.3 Å². The zero-order chi connectivity index (χ0) is 28.3. The summed E-state index contributed by atoms with van der Waals surface area (Å²) in [7, 11) is 0. The van der Waals surface area contributed by atoms with Crippen LogP contribution in [-0.4, -0.2) is 93.6 Å². The molecule has 7 atom stereocenters. The number of likely N-dealkylation sites (tertiary alicyclic amines) is 1. The van der Waals surface area contributed by atoms with Crippen LogP contribution in [0.4, 0.5) is 0 Å². The Morgan fingerprint density at radius 1 is 1.18 bits per heavy atom. The lowest BCUT2D eigenvalue weighted by Gasteiger charge is -2.39. The van der Waals surface area contributed by atoms with E-state index in [4.69, 9.17) is 4.74 Å². The lowest BCUT2D eigenvalue weighted by atomic mass is 9.62. The Morgan fingerprint density at radius 3 is 2.45 bits per heavy atom. The van der Waals surface area contributed by atoms with Crippen LogP contribution in [0.15, 0.2) is 25.3 Å². The van der Waals surface area contributed by atoms with Gasteiger partial charge < -0.3 is 24.5 Å². The summed E-state index contributed by atoms with van der Waals surface area (Å²) < 4.78 is 6.87. The standard InChI is InChI=1S/C30H49N3O5/c1-8-14-22(6)32(17-11-4)28(37)25-30-20-21(5)29(7,38-30)23(26(35)31(15-9-2)16-10-3)24(30)27(36)33(25)18-12-13-19-34/h9,11,21-25,34H,2,4,8,10,12-20H2,1,3,5-7H3/t21?,22?,23-,24+,25?,29+,30?/m1/s1. The van der Waals surface area contributed by atoms with Gasteiger partial charge in [-0.05, 0) is 51.9 Å². The number of rotatable bonds is 15. The average Bonchev–Trinajstić information content (AvgIpc) is 3.38. The third-order valence-electron chi connectivity index (χ3n) is 9.12. The normalized spacial score (nSPS) is 32.3. The molecule has 0 aromatic carbocycles. The van der Waals surface area contributed by atoms with Gasteiger partial charge in [-0.2, -0.15) is 0 Å². The third-order valence-corrected chi connectivity index (χ3v) is 9.12. The number of carbonyl (C=O) groups excluding carboxylic acids is 3. The van der Waals surface area contributed by atoms with Crippen LogP contribution in [0.25, 0.3) is 0 Å². The van der Waals surface area contributed by atoms with Gasteiger partial charge in [0, 0.05) is 38.8 Å². The predicted octanol–water partition coefficient (Wildman–Crippen LogP) is 3.40. The molecule has 8 nitrogen and oxygen atoms in total. The molecule has 2 bridgehead atoms. The second kappa shape index (κ2) is 12.3. The van der Waals surface area contributed by atoms with E-state index in [9.17, 15) is 19.5 Å². The van der Waals surface area contributed by atoms with Crippen LogP contribution in [0.5, 0.6) is 0 Å². The second-order valence-electron chi connectivity index (χ2n) is 11.7. The average molecular weight is 532 g/mol. The van der Waals surface area contributed by atoms with E-state index >= 15 is 0 Å². The summed E-state index contributed by atoms with van der Waals surface area (Å²) >= 11 is 0. The molecule has 8 heteroatoms. The molecule has 4 unspecified atom stereocenters. The van der Waals surface area contributed by atoms with E-state index in [1.807, 2.05) is 25.7 Å². The number of aliphatic hydroxyl groups is 1. The highest BCUT2D eigenvalue weighted by Gasteiger charge is 2.80. The fourth-order valence-electron chi connectivity index (χ4n) is 7.30. The zero-order valence-electron chi connectivity index (χ0n) is 24.2. The molecule has 0 radical (unpaired) electrons. The summed E-state index contributed by atoms with van der Waals surface area (Å²) in [5.41, 5.74) is -1.89. The summed E-state index contributed by atoms with van der Waals surface area (Å²) in [5, 5.41) is 9.41. The molecule has 1 spiro atoms. The molecule has 3 saturated heterocycles. The Balaban J connectivity index is 2.11. The highest BCUT2D eigenvalue weighted by molar-refractivity contribution is 5.99. The SMILES string of the molecule is C=CCN(CCC)C(=O)[C@H]1[C@H]2C(=O)N(CCCCO)C(C(=O)N(CC=C)C(C)CCC)C23CC(C)[C@]1(C)O3. The molecule has 214 valence electrons. The van der Waals surface area contributed by atoms with Crippen LogP contribution in [0.3, 0.4) is 0 Å². The van der Waals surface area contributed by atoms with Crippen molar-refractivity contribution in [2.75, 3.05) is 32.8 Å². The molecule has 3 heterocycles. The van der Waals surface area contributed by atoms with Crippen LogP contribution < -0.4 is 0 Å². The summed E-state index contributed by atoms with van der Waals surface area (Å²) in [5.74, 6) is -1.77. The van der Waals surface area contributed by atoms with E-state index in [0.717, 1.165) is 19.3 Å². The van der Waals surface area contributed by atoms with Crippen LogP contribution in [0.1, 0.15) is 73.1 Å². The first kappa shape index (κ1) is 30.4. The lowest BCUT2D eigenvalue weighted by Crippen LogP contribution is -2.58. The Hall–Kier alpha value is -2.19. The van der Waals surface area contributed by atoms with E-state index in [1.54, 1.807) is 22.0 Å². The number of aliphatic hydroxyl groups excluding tert-OH is 1. The second-order valence-corrected chi connectivity index (χ2v) is 11.7. The van der Waals surface area contributed by atoms with Crippen molar-refractivity contribution in [3.8, 4) is 0 Å². The smallest absolute Gasteiger partial charge is 0.248 e. The van der Waals surface area contributed by atoms with Crippen molar-refractivity contribution in [3.63, 3.8) is 0 Å². The van der Waals surface area contributed by atoms with Gasteiger partial charge in [-0.25, -0.2) is 0 Å². The van der Waals surface area contributed by atoms with E-state index in [0.29, 0.717) is 45.4 Å². The topological polar surface area (TPSA) is 90.4 Å². The Bertz CT molecular complexity index is 908. The minimum atomic E-state index is -1.06. The summed E-state index contributed by atoms with van der Waals surface area (Å²) in [6.45, 7) is 19.6. The fourth-order valence-corrected chi connectivity index (χ4v) is 7.30. The number of amides is 3. The minimum absolute atomic E-state index is 0.00122. The van der Waals surface area contributed by atoms with Gasteiger partial charge in [0.15, 0.2) is 0 Å². The molecule has 0 saturated carbocycles. The van der Waals surface area contributed by atoms with Crippen molar-refractivity contribution in [2.24, 2.45) is 17.8 Å². The van der Waals surface area contributed by atoms with E-state index in [2.05, 4.69) is 27.0 Å². The molecule has 3 amide bonds. The van der Waals surface area contributed by atoms with Crippen LogP contribution in [-0.2, 0) is 19.1 Å². The maximum atomic E-state index is 14.4. The molecule has 0 aromatic heterocycles. The first-order valence-electron chi connectivity index (χ1n) is 14.5. The van der Waals surface area contributed by atoms with E-state index in [1.165, 1.54) is 0 Å². The molecule has 38 heavy (non-hydrogen) atoms. The van der Waals surface area contributed by atoms with Gasteiger partial charge in [-0.3, -0.25) is 14.4 Å². The molecule has 1 N–H and O–H groups in total.